The fourth-order valence-corrected chi connectivity index (χ4v) is 6.30. The van der Waals surface area contributed by atoms with Crippen LogP contribution in [0.2, 0.25) is 0 Å². The summed E-state index contributed by atoms with van der Waals surface area (Å²) in [6.07, 6.45) is 5.92. The zero-order valence-electron chi connectivity index (χ0n) is 14.1. The van der Waals surface area contributed by atoms with Crippen LogP contribution in [0, 0.1) is 0 Å². The Morgan fingerprint density at radius 3 is 2.71 bits per heavy atom. The first-order chi connectivity index (χ1) is 11.5. The van der Waals surface area contributed by atoms with Crippen molar-refractivity contribution in [2.45, 2.75) is 62.8 Å². The zero-order valence-corrected chi connectivity index (χ0v) is 14.9. The molecule has 130 valence electrons. The van der Waals surface area contributed by atoms with Crippen LogP contribution >= 0.6 is 0 Å². The number of nitrogens with zero attached hydrogens (tertiary/aromatic N) is 2. The van der Waals surface area contributed by atoms with Crippen molar-refractivity contribution in [3.63, 3.8) is 0 Å². The number of sulfonamides is 1. The fraction of sp³-hybridized carbons (Fsp3) is 0.611. The van der Waals surface area contributed by atoms with Crippen molar-refractivity contribution in [2.24, 2.45) is 0 Å². The highest BCUT2D eigenvalue weighted by atomic mass is 32.2. The highest BCUT2D eigenvalue weighted by molar-refractivity contribution is 7.89. The van der Waals surface area contributed by atoms with Crippen molar-refractivity contribution in [2.75, 3.05) is 18.0 Å². The lowest BCUT2D eigenvalue weighted by Crippen LogP contribution is -2.43. The minimum atomic E-state index is -3.48. The maximum atomic E-state index is 13.2. The van der Waals surface area contributed by atoms with Crippen LogP contribution in [0.5, 0.6) is 0 Å². The van der Waals surface area contributed by atoms with E-state index in [-0.39, 0.29) is 11.9 Å². The van der Waals surface area contributed by atoms with Gasteiger partial charge in [0.2, 0.25) is 15.9 Å². The molecule has 1 atom stereocenters. The van der Waals surface area contributed by atoms with Crippen LogP contribution < -0.4 is 4.90 Å². The van der Waals surface area contributed by atoms with Gasteiger partial charge in [-0.15, -0.1) is 0 Å². The molecule has 4 rings (SSSR count). The Balaban J connectivity index is 1.77. The number of hydrogen-bond donors (Lipinski definition) is 0. The van der Waals surface area contributed by atoms with E-state index in [0.29, 0.717) is 17.9 Å². The molecule has 3 aliphatic rings. The van der Waals surface area contributed by atoms with Crippen molar-refractivity contribution >= 4 is 21.6 Å². The smallest absolute Gasteiger partial charge is 0.243 e. The standard InChI is InChI=1S/C18H24N2O3S/c1-2-15-7-3-4-9-20(15)24(22,23)16-10-13-6-5-8-19-17(21)12-14(11-16)18(13)19/h10-11,15H,2-9,12H2,1H3/t15-/m0/s1. The molecule has 0 bridgehead atoms. The highest BCUT2D eigenvalue weighted by Crippen LogP contribution is 2.39. The van der Waals surface area contributed by atoms with Crippen LogP contribution in [0.25, 0.3) is 0 Å². The Kier molecular flexibility index (Phi) is 3.92. The third-order valence-corrected chi connectivity index (χ3v) is 7.56. The number of aryl methyl sites for hydroxylation is 1. The number of piperidine rings is 1. The van der Waals surface area contributed by atoms with Gasteiger partial charge in [0.25, 0.3) is 0 Å². The fourth-order valence-electron chi connectivity index (χ4n) is 4.43. The Bertz CT molecular complexity index is 788. The van der Waals surface area contributed by atoms with E-state index < -0.39 is 10.0 Å². The highest BCUT2D eigenvalue weighted by Gasteiger charge is 2.37. The van der Waals surface area contributed by atoms with Gasteiger partial charge in [-0.1, -0.05) is 13.3 Å². The molecule has 3 heterocycles. The van der Waals surface area contributed by atoms with E-state index in [1.54, 1.807) is 10.4 Å². The number of carbonyl (C=O) groups is 1. The van der Waals surface area contributed by atoms with E-state index in [0.717, 1.165) is 61.9 Å². The molecule has 1 amide bonds. The minimum Gasteiger partial charge on any atom is -0.312 e. The predicted octanol–water partition coefficient (Wildman–Crippen LogP) is 2.48. The molecule has 0 saturated carbocycles. The van der Waals surface area contributed by atoms with E-state index >= 15 is 0 Å². The molecule has 0 radical (unpaired) electrons. The maximum absolute atomic E-state index is 13.2. The molecule has 0 spiro atoms. The van der Waals surface area contributed by atoms with Crippen LogP contribution in [0.15, 0.2) is 17.0 Å². The minimum absolute atomic E-state index is 0.102. The second kappa shape index (κ2) is 5.85. The van der Waals surface area contributed by atoms with E-state index in [1.165, 1.54) is 0 Å². The summed E-state index contributed by atoms with van der Waals surface area (Å²) in [6, 6.07) is 3.67. The van der Waals surface area contributed by atoms with Crippen LogP contribution in [-0.2, 0) is 27.7 Å². The number of hydrogen-bond acceptors (Lipinski definition) is 3. The molecule has 6 heteroatoms. The van der Waals surface area contributed by atoms with Crippen LogP contribution in [0.4, 0.5) is 5.69 Å². The van der Waals surface area contributed by atoms with Crippen LogP contribution in [0.3, 0.4) is 0 Å². The monoisotopic (exact) mass is 348 g/mol. The van der Waals surface area contributed by atoms with Crippen LogP contribution in [-0.4, -0.2) is 37.8 Å². The molecular formula is C18H24N2O3S. The van der Waals surface area contributed by atoms with E-state index in [4.69, 9.17) is 0 Å². The Morgan fingerprint density at radius 1 is 1.12 bits per heavy atom. The van der Waals surface area contributed by atoms with Gasteiger partial charge >= 0.3 is 0 Å². The normalized spacial score (nSPS) is 24.3. The van der Waals surface area contributed by atoms with Crippen molar-refractivity contribution < 1.29 is 13.2 Å². The summed E-state index contributed by atoms with van der Waals surface area (Å²) in [5.41, 5.74) is 2.89. The summed E-state index contributed by atoms with van der Waals surface area (Å²) in [4.78, 5) is 14.4. The molecule has 5 nitrogen and oxygen atoms in total. The van der Waals surface area contributed by atoms with E-state index in [1.807, 2.05) is 11.0 Å². The summed E-state index contributed by atoms with van der Waals surface area (Å²) >= 11 is 0. The molecule has 1 saturated heterocycles. The number of benzene rings is 1. The summed E-state index contributed by atoms with van der Waals surface area (Å²) < 4.78 is 28.2. The third kappa shape index (κ3) is 2.39. The third-order valence-electron chi connectivity index (χ3n) is 5.63. The van der Waals surface area contributed by atoms with Gasteiger partial charge in [0.1, 0.15) is 0 Å². The SMILES string of the molecule is CC[C@H]1CCCCN1S(=O)(=O)c1cc2c3c(c1)CC(=O)N3CCC2. The van der Waals surface area contributed by atoms with Crippen molar-refractivity contribution in [1.29, 1.82) is 0 Å². The molecule has 1 fully saturated rings. The van der Waals surface area contributed by atoms with Gasteiger partial charge in [-0.3, -0.25) is 4.79 Å². The Hall–Kier alpha value is -1.40. The van der Waals surface area contributed by atoms with E-state index in [2.05, 4.69) is 6.92 Å². The van der Waals surface area contributed by atoms with Gasteiger partial charge < -0.3 is 4.90 Å². The molecule has 0 N–H and O–H groups in total. The summed E-state index contributed by atoms with van der Waals surface area (Å²) in [7, 11) is -3.48. The second-order valence-corrected chi connectivity index (χ2v) is 8.98. The first-order valence-electron chi connectivity index (χ1n) is 9.00. The van der Waals surface area contributed by atoms with Gasteiger partial charge in [-0.05, 0) is 55.4 Å². The molecular weight excluding hydrogens is 324 g/mol. The molecule has 1 aromatic rings. The summed E-state index contributed by atoms with van der Waals surface area (Å²) in [6.45, 7) is 3.43. The van der Waals surface area contributed by atoms with E-state index in [9.17, 15) is 13.2 Å². The number of anilines is 1. The predicted molar refractivity (Wildman–Crippen MR) is 92.6 cm³/mol. The molecule has 1 aromatic carbocycles. The number of carbonyl (C=O) groups excluding carboxylic acids is 1. The molecule has 3 aliphatic heterocycles. The van der Waals surface area contributed by atoms with Gasteiger partial charge in [0.05, 0.1) is 17.0 Å². The molecule has 0 aliphatic carbocycles. The lowest BCUT2D eigenvalue weighted by molar-refractivity contribution is -0.117. The van der Waals surface area contributed by atoms with Gasteiger partial charge in [0, 0.05) is 19.1 Å². The molecule has 0 aromatic heterocycles. The lowest BCUT2D eigenvalue weighted by atomic mass is 10.0. The Morgan fingerprint density at radius 2 is 1.92 bits per heavy atom. The zero-order chi connectivity index (χ0) is 16.9. The largest absolute Gasteiger partial charge is 0.312 e. The Labute approximate surface area is 143 Å². The molecule has 0 unspecified atom stereocenters. The number of amides is 1. The number of rotatable bonds is 3. The van der Waals surface area contributed by atoms with Crippen LogP contribution in [0.1, 0.15) is 50.2 Å². The van der Waals surface area contributed by atoms with Crippen molar-refractivity contribution in [1.82, 2.24) is 4.31 Å². The first-order valence-corrected chi connectivity index (χ1v) is 10.4. The van der Waals surface area contributed by atoms with Crippen molar-refractivity contribution in [3.8, 4) is 0 Å². The maximum Gasteiger partial charge on any atom is 0.243 e. The quantitative estimate of drug-likeness (QED) is 0.843. The topological polar surface area (TPSA) is 57.7 Å². The molecule has 24 heavy (non-hydrogen) atoms. The second-order valence-electron chi connectivity index (χ2n) is 7.09. The summed E-state index contributed by atoms with van der Waals surface area (Å²) in [5, 5.41) is 0. The lowest BCUT2D eigenvalue weighted by Gasteiger charge is -2.34. The average Bonchev–Trinajstić information content (AvgIpc) is 2.92. The summed E-state index contributed by atoms with van der Waals surface area (Å²) in [5.74, 6) is 0.102. The van der Waals surface area contributed by atoms with Crippen molar-refractivity contribution in [3.05, 3.63) is 23.3 Å². The first kappa shape index (κ1) is 16.1. The van der Waals surface area contributed by atoms with Gasteiger partial charge in [-0.2, -0.15) is 4.31 Å². The van der Waals surface area contributed by atoms with Gasteiger partial charge in [-0.25, -0.2) is 8.42 Å². The van der Waals surface area contributed by atoms with Gasteiger partial charge in [0.15, 0.2) is 0 Å². The average molecular weight is 348 g/mol.